The molecule has 0 aliphatic heterocycles. The molecule has 0 spiro atoms. The van der Waals surface area contributed by atoms with E-state index in [1.165, 1.54) is 44.5 Å². The first-order valence-corrected chi connectivity index (χ1v) is 23.6. The molecule has 0 amide bonds. The molecule has 0 bridgehead atoms. The number of allylic oxidation sites excluding steroid dienone is 4. The molecule has 0 saturated heterocycles. The first-order valence-electron chi connectivity index (χ1n) is 18.0. The summed E-state index contributed by atoms with van der Waals surface area (Å²) in [6.07, 6.45) is 8.29. The van der Waals surface area contributed by atoms with Crippen molar-refractivity contribution in [3.8, 4) is 11.1 Å². The zero-order chi connectivity index (χ0) is 34.8. The van der Waals surface area contributed by atoms with E-state index < -0.39 is 21.0 Å². The number of halogens is 2. The fourth-order valence-corrected chi connectivity index (χ4v) is 20.6. The number of fused-ring (bicyclic) bond motifs is 3. The predicted molar refractivity (Wildman–Crippen MR) is 206 cm³/mol. The Balaban J connectivity index is 0.00000281. The molecule has 4 aromatic rings. The van der Waals surface area contributed by atoms with E-state index in [1.807, 2.05) is 0 Å². The zero-order valence-electron chi connectivity index (χ0n) is 32.4. The fraction of sp³-hybridized carbons (Fsp3) is 0.383. The Morgan fingerprint density at radius 3 is 1.18 bits per heavy atom. The number of rotatable bonds is 4. The molecule has 6 rings (SSSR count). The Labute approximate surface area is 323 Å². The average molecular weight is 870 g/mol. The summed E-state index contributed by atoms with van der Waals surface area (Å²) in [5.41, 5.74) is 14.9. The molecule has 3 heteroatoms. The normalized spacial score (nSPS) is 14.2. The first-order chi connectivity index (χ1) is 22.3. The second kappa shape index (κ2) is 14.6. The van der Waals surface area contributed by atoms with Crippen LogP contribution in [0.25, 0.3) is 11.1 Å². The van der Waals surface area contributed by atoms with Crippen LogP contribution in [-0.2, 0) is 42.6 Å². The van der Waals surface area contributed by atoms with Gasteiger partial charge in [-0.1, -0.05) is 0 Å². The largest absolute Gasteiger partial charge is 1.00 e. The Kier molecular flexibility index (Phi) is 11.8. The van der Waals surface area contributed by atoms with E-state index in [-0.39, 0.29) is 46.5 Å². The quantitative estimate of drug-likeness (QED) is 0.201. The minimum absolute atomic E-state index is 0. The van der Waals surface area contributed by atoms with Gasteiger partial charge >= 0.3 is 301 Å². The SMILES string of the molecule is CC(C)(C)c1ccc([C](c2ccc(C(C)(C)C)cc2)=[Hf+2]([C]2=CC=CC2)[CH]2c3ccc(C(C)(C)C)cc3-c3cc(C(C)(C)C)ccc32)cc1.[Cl-].[Cl-]. The van der Waals surface area contributed by atoms with Gasteiger partial charge in [0.15, 0.2) is 0 Å². The number of benzene rings is 4. The molecule has 0 N–H and O–H groups in total. The average Bonchev–Trinajstić information content (AvgIpc) is 3.65. The summed E-state index contributed by atoms with van der Waals surface area (Å²) >= 11 is -3.01. The van der Waals surface area contributed by atoms with Gasteiger partial charge < -0.3 is 24.8 Å². The van der Waals surface area contributed by atoms with Gasteiger partial charge in [0.25, 0.3) is 0 Å². The third-order valence-corrected chi connectivity index (χ3v) is 22.6. The van der Waals surface area contributed by atoms with Crippen LogP contribution in [0.2, 0.25) is 0 Å². The van der Waals surface area contributed by atoms with E-state index in [1.54, 1.807) is 17.7 Å². The minimum atomic E-state index is -3.01. The second-order valence-electron chi connectivity index (χ2n) is 18.3. The Bertz CT molecular complexity index is 1820. The maximum Gasteiger partial charge on any atom is -1.00 e. The summed E-state index contributed by atoms with van der Waals surface area (Å²) in [5.74, 6) is 0. The third-order valence-electron chi connectivity index (χ3n) is 10.5. The molecule has 0 nitrogen and oxygen atoms in total. The summed E-state index contributed by atoms with van der Waals surface area (Å²) in [6.45, 7) is 28.0. The van der Waals surface area contributed by atoms with Crippen LogP contribution in [0.3, 0.4) is 0 Å². The van der Waals surface area contributed by atoms with Crippen molar-refractivity contribution in [3.63, 3.8) is 0 Å². The summed E-state index contributed by atoms with van der Waals surface area (Å²) in [6, 6.07) is 34.4. The molecule has 4 aromatic carbocycles. The monoisotopic (exact) mass is 870 g/mol. The fourth-order valence-electron chi connectivity index (χ4n) is 7.38. The van der Waals surface area contributed by atoms with E-state index in [9.17, 15) is 0 Å². The van der Waals surface area contributed by atoms with Gasteiger partial charge in [0.2, 0.25) is 0 Å². The summed E-state index contributed by atoms with van der Waals surface area (Å²) in [7, 11) is 0. The molecule has 0 atom stereocenters. The molecular weight excluding hydrogens is 814 g/mol. The van der Waals surface area contributed by atoms with Crippen LogP contribution in [0, 0.1) is 0 Å². The van der Waals surface area contributed by atoms with Gasteiger partial charge in [0.1, 0.15) is 0 Å². The van der Waals surface area contributed by atoms with Crippen molar-refractivity contribution in [1.82, 2.24) is 0 Å². The molecular formula is C47H56Cl2Hf. The first kappa shape index (κ1) is 40.5. The minimum Gasteiger partial charge on any atom is -1.00 e. The van der Waals surface area contributed by atoms with Gasteiger partial charge in [0.05, 0.1) is 0 Å². The van der Waals surface area contributed by atoms with Crippen LogP contribution in [0.4, 0.5) is 0 Å². The van der Waals surface area contributed by atoms with E-state index in [0.717, 1.165) is 6.42 Å². The van der Waals surface area contributed by atoms with Gasteiger partial charge in [-0.3, -0.25) is 0 Å². The van der Waals surface area contributed by atoms with Crippen LogP contribution < -0.4 is 24.8 Å². The Morgan fingerprint density at radius 1 is 0.500 bits per heavy atom. The van der Waals surface area contributed by atoms with Crippen LogP contribution in [0.5, 0.6) is 0 Å². The van der Waals surface area contributed by atoms with Crippen molar-refractivity contribution in [2.75, 3.05) is 0 Å². The molecule has 0 fully saturated rings. The molecule has 262 valence electrons. The van der Waals surface area contributed by atoms with Gasteiger partial charge in [-0.25, -0.2) is 0 Å². The van der Waals surface area contributed by atoms with Gasteiger partial charge in [0, 0.05) is 0 Å². The molecule has 0 heterocycles. The van der Waals surface area contributed by atoms with Gasteiger partial charge in [-0.2, -0.15) is 0 Å². The van der Waals surface area contributed by atoms with Crippen molar-refractivity contribution in [2.45, 2.75) is 115 Å². The van der Waals surface area contributed by atoms with Crippen molar-refractivity contribution >= 4 is 3.26 Å². The van der Waals surface area contributed by atoms with Crippen LogP contribution >= 0.6 is 0 Å². The van der Waals surface area contributed by atoms with E-state index in [4.69, 9.17) is 0 Å². The summed E-state index contributed by atoms with van der Waals surface area (Å²) in [5, 5.41) is 0. The molecule has 0 radical (unpaired) electrons. The van der Waals surface area contributed by atoms with Crippen molar-refractivity contribution in [3.05, 3.63) is 151 Å². The maximum absolute atomic E-state index is 3.01. The van der Waals surface area contributed by atoms with E-state index in [0.29, 0.717) is 3.67 Å². The van der Waals surface area contributed by atoms with Crippen molar-refractivity contribution in [2.24, 2.45) is 0 Å². The topological polar surface area (TPSA) is 0 Å². The Hall–Kier alpha value is -2.32. The van der Waals surface area contributed by atoms with E-state index in [2.05, 4.69) is 186 Å². The molecule has 0 saturated carbocycles. The standard InChI is InChI=1S/C21H25.C21H26.C5H5.2ClH.Hf/c1-20(2,3)16-9-7-14-11-15-8-10-17(21(4,5)6)13-19(15)18(14)12-16;1-20(2,3)18-11-7-16(8-12-18)15-17-9-13-19(14-10-17)21(4,5)6;1-2-4-5-3-1;;;/h7-13H,1-6H3;7-14H,1-6H3;1-3H,4H2;2*1H;/q;;;;;+2/p-2. The van der Waals surface area contributed by atoms with Crippen LogP contribution in [-0.4, -0.2) is 3.26 Å². The smallest absolute Gasteiger partial charge is 1.00 e. The van der Waals surface area contributed by atoms with E-state index >= 15 is 0 Å². The summed E-state index contributed by atoms with van der Waals surface area (Å²) in [4.78, 5) is 0. The number of hydrogen-bond donors (Lipinski definition) is 0. The molecule has 2 aliphatic carbocycles. The summed E-state index contributed by atoms with van der Waals surface area (Å²) < 4.78 is 3.77. The third kappa shape index (κ3) is 8.01. The molecule has 0 unspecified atom stereocenters. The van der Waals surface area contributed by atoms with Crippen LogP contribution in [0.15, 0.2) is 106 Å². The molecule has 50 heavy (non-hydrogen) atoms. The molecule has 2 aliphatic rings. The molecule has 0 aromatic heterocycles. The second-order valence-corrected chi connectivity index (χ2v) is 27.5. The van der Waals surface area contributed by atoms with Gasteiger partial charge in [-0.15, -0.1) is 0 Å². The maximum atomic E-state index is 2.54. The predicted octanol–water partition coefficient (Wildman–Crippen LogP) is 6.69. The van der Waals surface area contributed by atoms with Crippen LogP contribution in [0.1, 0.15) is 138 Å². The van der Waals surface area contributed by atoms with Crippen molar-refractivity contribution < 1.29 is 45.8 Å². The number of hydrogen-bond acceptors (Lipinski definition) is 0. The zero-order valence-corrected chi connectivity index (χ0v) is 37.5. The Morgan fingerprint density at radius 2 is 0.860 bits per heavy atom. The van der Waals surface area contributed by atoms with Crippen molar-refractivity contribution in [1.29, 1.82) is 0 Å². The van der Waals surface area contributed by atoms with Gasteiger partial charge in [-0.05, 0) is 0 Å².